The number of hydrogen-bond acceptors (Lipinski definition) is 3. The molecule has 1 heterocycles. The molecule has 1 amide bonds. The number of carbonyl (C=O) groups is 2. The third-order valence-electron chi connectivity index (χ3n) is 4.42. The van der Waals surface area contributed by atoms with Crippen molar-refractivity contribution >= 4 is 29.0 Å². The summed E-state index contributed by atoms with van der Waals surface area (Å²) in [5, 5.41) is 13.9. The van der Waals surface area contributed by atoms with Gasteiger partial charge in [0.2, 0.25) is 0 Å². The highest BCUT2D eigenvalue weighted by Crippen LogP contribution is 2.40. The van der Waals surface area contributed by atoms with Crippen LogP contribution >= 0.6 is 11.6 Å². The van der Waals surface area contributed by atoms with Crippen molar-refractivity contribution < 1.29 is 14.7 Å². The number of benzene rings is 2. The van der Waals surface area contributed by atoms with Crippen LogP contribution in [0, 0.1) is 20.8 Å². The van der Waals surface area contributed by atoms with Crippen molar-refractivity contribution in [3.05, 3.63) is 63.2 Å². The van der Waals surface area contributed by atoms with Gasteiger partial charge in [0.15, 0.2) is 11.4 Å². The lowest BCUT2D eigenvalue weighted by Gasteiger charge is -2.21. The normalized spacial score (nSPS) is 19.1. The van der Waals surface area contributed by atoms with E-state index in [2.05, 4.69) is 5.32 Å². The van der Waals surface area contributed by atoms with Gasteiger partial charge in [-0.05, 0) is 50.1 Å². The first-order valence-electron chi connectivity index (χ1n) is 7.67. The highest BCUT2D eigenvalue weighted by molar-refractivity contribution is 6.31. The lowest BCUT2D eigenvalue weighted by atomic mass is 9.85. The molecule has 0 saturated carbocycles. The molecule has 1 unspecified atom stereocenters. The number of nitrogens with one attached hydrogen (secondary N) is 1. The van der Waals surface area contributed by atoms with Crippen molar-refractivity contribution in [2.24, 2.45) is 0 Å². The minimum atomic E-state index is -1.90. The summed E-state index contributed by atoms with van der Waals surface area (Å²) in [6.45, 7) is 5.68. The Kier molecular flexibility index (Phi) is 3.98. The number of Topliss-reactive ketones (excluding diaryl/α,β-unsaturated/α-hetero) is 1. The third kappa shape index (κ3) is 2.62. The summed E-state index contributed by atoms with van der Waals surface area (Å²) < 4.78 is 0. The fraction of sp³-hybridized carbons (Fsp3) is 0.263. The zero-order chi connectivity index (χ0) is 17.6. The number of halogens is 1. The molecule has 0 saturated heterocycles. The quantitative estimate of drug-likeness (QED) is 0.835. The van der Waals surface area contributed by atoms with E-state index in [4.69, 9.17) is 11.6 Å². The largest absolute Gasteiger partial charge is 0.375 e. The summed E-state index contributed by atoms with van der Waals surface area (Å²) in [6.07, 6.45) is -0.323. The Morgan fingerprint density at radius 2 is 1.79 bits per heavy atom. The smallest absolute Gasteiger partial charge is 0.261 e. The van der Waals surface area contributed by atoms with Crippen LogP contribution in [-0.4, -0.2) is 16.8 Å². The minimum Gasteiger partial charge on any atom is -0.375 e. The van der Waals surface area contributed by atoms with Gasteiger partial charge in [-0.25, -0.2) is 0 Å². The summed E-state index contributed by atoms with van der Waals surface area (Å²) in [5.41, 5.74) is 2.22. The van der Waals surface area contributed by atoms with Gasteiger partial charge in [-0.3, -0.25) is 9.59 Å². The van der Waals surface area contributed by atoms with Gasteiger partial charge in [0, 0.05) is 21.8 Å². The molecule has 4 nitrogen and oxygen atoms in total. The molecule has 1 aliphatic rings. The van der Waals surface area contributed by atoms with E-state index in [1.165, 1.54) is 6.07 Å². The fourth-order valence-electron chi connectivity index (χ4n) is 3.43. The Labute approximate surface area is 145 Å². The highest BCUT2D eigenvalue weighted by atomic mass is 35.5. The molecule has 0 spiro atoms. The van der Waals surface area contributed by atoms with Crippen LogP contribution in [0.1, 0.15) is 39.0 Å². The predicted molar refractivity (Wildman–Crippen MR) is 93.6 cm³/mol. The molecule has 2 aromatic carbocycles. The van der Waals surface area contributed by atoms with Gasteiger partial charge in [0.05, 0.1) is 6.42 Å². The first-order valence-corrected chi connectivity index (χ1v) is 8.05. The van der Waals surface area contributed by atoms with Crippen LogP contribution < -0.4 is 5.32 Å². The Hall–Kier alpha value is -2.17. The maximum atomic E-state index is 12.8. The average molecular weight is 344 g/mol. The molecule has 2 aromatic rings. The van der Waals surface area contributed by atoms with Crippen molar-refractivity contribution in [2.75, 3.05) is 5.32 Å². The van der Waals surface area contributed by atoms with Gasteiger partial charge in [0.25, 0.3) is 5.91 Å². The van der Waals surface area contributed by atoms with Crippen molar-refractivity contribution in [3.63, 3.8) is 0 Å². The number of hydrogen-bond donors (Lipinski definition) is 2. The molecule has 124 valence electrons. The summed E-state index contributed by atoms with van der Waals surface area (Å²) in [4.78, 5) is 25.1. The van der Waals surface area contributed by atoms with Gasteiger partial charge >= 0.3 is 0 Å². The van der Waals surface area contributed by atoms with Crippen LogP contribution in [0.25, 0.3) is 0 Å². The van der Waals surface area contributed by atoms with Crippen LogP contribution in [0.2, 0.25) is 5.02 Å². The monoisotopic (exact) mass is 343 g/mol. The molecule has 0 fully saturated rings. The number of anilines is 1. The number of ketones is 1. The maximum Gasteiger partial charge on any atom is 0.261 e. The number of fused-ring (bicyclic) bond motifs is 1. The molecule has 1 atom stereocenters. The molecule has 0 radical (unpaired) electrons. The Balaban J connectivity index is 2.01. The summed E-state index contributed by atoms with van der Waals surface area (Å²) >= 11 is 5.98. The minimum absolute atomic E-state index is 0.268. The SMILES string of the molecule is Cc1cc(C)c(C(=O)CC2(O)C(=O)Nc3ccc(Cl)cc32)c(C)c1. The predicted octanol–water partition coefficient (Wildman–Crippen LogP) is 3.68. The maximum absolute atomic E-state index is 12.8. The molecule has 3 rings (SSSR count). The lowest BCUT2D eigenvalue weighted by molar-refractivity contribution is -0.133. The summed E-state index contributed by atoms with van der Waals surface area (Å²) in [6, 6.07) is 8.62. The molecule has 24 heavy (non-hydrogen) atoms. The van der Waals surface area contributed by atoms with E-state index in [1.54, 1.807) is 12.1 Å². The topological polar surface area (TPSA) is 66.4 Å². The van der Waals surface area contributed by atoms with E-state index in [1.807, 2.05) is 32.9 Å². The second kappa shape index (κ2) is 5.72. The Bertz CT molecular complexity index is 852. The van der Waals surface area contributed by atoms with Gasteiger partial charge < -0.3 is 10.4 Å². The standard InChI is InChI=1S/C19H18ClNO3/c1-10-6-11(2)17(12(3)7-10)16(22)9-19(24)14-8-13(20)4-5-15(14)21-18(19)23/h4-8,24H,9H2,1-3H3,(H,21,23). The number of rotatable bonds is 3. The van der Waals surface area contributed by atoms with E-state index in [-0.39, 0.29) is 12.2 Å². The molecule has 1 aliphatic heterocycles. The van der Waals surface area contributed by atoms with Crippen molar-refractivity contribution in [1.29, 1.82) is 0 Å². The van der Waals surface area contributed by atoms with Gasteiger partial charge in [-0.15, -0.1) is 0 Å². The summed E-state index contributed by atoms with van der Waals surface area (Å²) in [7, 11) is 0. The first-order chi connectivity index (χ1) is 11.2. The molecular formula is C19H18ClNO3. The zero-order valence-electron chi connectivity index (χ0n) is 13.7. The van der Waals surface area contributed by atoms with Crippen LogP contribution in [0.4, 0.5) is 5.69 Å². The van der Waals surface area contributed by atoms with E-state index >= 15 is 0 Å². The second-order valence-corrected chi connectivity index (χ2v) is 6.81. The second-order valence-electron chi connectivity index (χ2n) is 6.38. The van der Waals surface area contributed by atoms with Crippen LogP contribution in [0.5, 0.6) is 0 Å². The first kappa shape index (κ1) is 16.7. The third-order valence-corrected chi connectivity index (χ3v) is 4.66. The molecule has 2 N–H and O–H groups in total. The van der Waals surface area contributed by atoms with Crippen molar-refractivity contribution in [2.45, 2.75) is 32.8 Å². The Morgan fingerprint density at radius 3 is 2.42 bits per heavy atom. The highest BCUT2D eigenvalue weighted by Gasteiger charge is 2.47. The molecule has 5 heteroatoms. The van der Waals surface area contributed by atoms with Crippen LogP contribution in [0.15, 0.2) is 30.3 Å². The van der Waals surface area contributed by atoms with Crippen LogP contribution in [0.3, 0.4) is 0 Å². The van der Waals surface area contributed by atoms with Crippen molar-refractivity contribution in [3.8, 4) is 0 Å². The van der Waals surface area contributed by atoms with Crippen LogP contribution in [-0.2, 0) is 10.4 Å². The average Bonchev–Trinajstić information content (AvgIpc) is 2.69. The van der Waals surface area contributed by atoms with Crippen molar-refractivity contribution in [1.82, 2.24) is 0 Å². The van der Waals surface area contributed by atoms with E-state index in [0.717, 1.165) is 16.7 Å². The fourth-order valence-corrected chi connectivity index (χ4v) is 3.60. The molecule has 0 bridgehead atoms. The molecular weight excluding hydrogens is 326 g/mol. The molecule has 0 aromatic heterocycles. The van der Waals surface area contributed by atoms with Gasteiger partial charge in [-0.2, -0.15) is 0 Å². The number of aryl methyl sites for hydroxylation is 3. The van der Waals surface area contributed by atoms with E-state index < -0.39 is 11.5 Å². The van der Waals surface area contributed by atoms with E-state index in [9.17, 15) is 14.7 Å². The lowest BCUT2D eigenvalue weighted by Crippen LogP contribution is -2.36. The van der Waals surface area contributed by atoms with Gasteiger partial charge in [-0.1, -0.05) is 29.3 Å². The van der Waals surface area contributed by atoms with Gasteiger partial charge in [0.1, 0.15) is 0 Å². The number of amides is 1. The number of carbonyl (C=O) groups excluding carboxylic acids is 2. The Morgan fingerprint density at radius 1 is 1.17 bits per heavy atom. The number of aliphatic hydroxyl groups is 1. The van der Waals surface area contributed by atoms with E-state index in [0.29, 0.717) is 21.8 Å². The zero-order valence-corrected chi connectivity index (χ0v) is 14.5. The summed E-state index contributed by atoms with van der Waals surface area (Å²) in [5.74, 6) is -0.869. The molecule has 0 aliphatic carbocycles.